The molecule has 0 saturated carbocycles. The lowest BCUT2D eigenvalue weighted by molar-refractivity contribution is 0.219. The molecule has 0 saturated heterocycles. The standard InChI is InChI=1S/C20H28ClN5O/c1-5-7-11-20(22-6-2)14(3)19(25-18-10-12-23-26(18)20)24-17-9-8-15(27-4)13-16(17)21/h8-10,12-13,22,24-25H,5-7,11H2,1-4H3. The molecule has 1 unspecified atom stereocenters. The Bertz CT molecular complexity index is 832. The van der Waals surface area contributed by atoms with Gasteiger partial charge in [-0.3, -0.25) is 5.32 Å². The average molecular weight is 390 g/mol. The second-order valence-electron chi connectivity index (χ2n) is 6.72. The zero-order valence-corrected chi connectivity index (χ0v) is 17.2. The Kier molecular flexibility index (Phi) is 5.97. The third-order valence-electron chi connectivity index (χ3n) is 5.05. The SMILES string of the molecule is CCCCC1(NCC)C(C)=C(Nc2ccc(OC)cc2Cl)Nc2ccnn21. The summed E-state index contributed by atoms with van der Waals surface area (Å²) < 4.78 is 7.30. The molecule has 3 rings (SSSR count). The van der Waals surface area contributed by atoms with Crippen molar-refractivity contribution in [1.29, 1.82) is 0 Å². The van der Waals surface area contributed by atoms with Gasteiger partial charge in [0.1, 0.15) is 23.1 Å². The number of methoxy groups -OCH3 is 1. The minimum atomic E-state index is -0.365. The number of nitrogens with zero attached hydrogens (tertiary/aromatic N) is 2. The van der Waals surface area contributed by atoms with Gasteiger partial charge in [0.25, 0.3) is 0 Å². The van der Waals surface area contributed by atoms with Crippen molar-refractivity contribution in [2.75, 3.05) is 24.3 Å². The number of benzene rings is 1. The molecule has 0 spiro atoms. The van der Waals surface area contributed by atoms with Gasteiger partial charge in [0.15, 0.2) is 0 Å². The molecule has 3 N–H and O–H groups in total. The highest BCUT2D eigenvalue weighted by atomic mass is 35.5. The van der Waals surface area contributed by atoms with Gasteiger partial charge in [0.2, 0.25) is 0 Å². The first-order valence-electron chi connectivity index (χ1n) is 9.44. The van der Waals surface area contributed by atoms with Crippen LogP contribution in [0.25, 0.3) is 0 Å². The fourth-order valence-corrected chi connectivity index (χ4v) is 3.81. The van der Waals surface area contributed by atoms with Crippen LogP contribution < -0.4 is 20.7 Å². The Labute approximate surface area is 165 Å². The predicted octanol–water partition coefficient (Wildman–Crippen LogP) is 4.77. The lowest BCUT2D eigenvalue weighted by Crippen LogP contribution is -2.52. The minimum Gasteiger partial charge on any atom is -0.497 e. The summed E-state index contributed by atoms with van der Waals surface area (Å²) in [6, 6.07) is 7.62. The third-order valence-corrected chi connectivity index (χ3v) is 5.36. The van der Waals surface area contributed by atoms with Crippen molar-refractivity contribution in [3.05, 3.63) is 46.9 Å². The number of halogens is 1. The summed E-state index contributed by atoms with van der Waals surface area (Å²) in [5.74, 6) is 2.60. The Morgan fingerprint density at radius 3 is 2.78 bits per heavy atom. The maximum atomic E-state index is 6.44. The fourth-order valence-electron chi connectivity index (χ4n) is 3.59. The van der Waals surface area contributed by atoms with E-state index in [1.54, 1.807) is 7.11 Å². The number of rotatable bonds is 8. The summed E-state index contributed by atoms with van der Waals surface area (Å²) in [7, 11) is 1.63. The molecule has 2 heterocycles. The Hall–Kier alpha value is -2.18. The van der Waals surface area contributed by atoms with Crippen LogP contribution in [0.4, 0.5) is 11.5 Å². The zero-order chi connectivity index (χ0) is 19.4. The molecule has 0 bridgehead atoms. The van der Waals surface area contributed by atoms with E-state index in [1.165, 1.54) is 0 Å². The molecule has 1 aromatic heterocycles. The van der Waals surface area contributed by atoms with E-state index in [-0.39, 0.29) is 5.66 Å². The van der Waals surface area contributed by atoms with Crippen LogP contribution in [0.3, 0.4) is 0 Å². The van der Waals surface area contributed by atoms with Crippen LogP contribution in [-0.4, -0.2) is 23.4 Å². The monoisotopic (exact) mass is 389 g/mol. The van der Waals surface area contributed by atoms with E-state index in [9.17, 15) is 0 Å². The van der Waals surface area contributed by atoms with Crippen LogP contribution >= 0.6 is 11.6 Å². The quantitative estimate of drug-likeness (QED) is 0.607. The van der Waals surface area contributed by atoms with Crippen LogP contribution in [0.5, 0.6) is 5.75 Å². The molecule has 0 fully saturated rings. The van der Waals surface area contributed by atoms with E-state index in [4.69, 9.17) is 16.3 Å². The second kappa shape index (κ2) is 8.23. The smallest absolute Gasteiger partial charge is 0.139 e. The number of unbranched alkanes of at least 4 members (excludes halogenated alkanes) is 1. The van der Waals surface area contributed by atoms with E-state index in [2.05, 4.69) is 46.5 Å². The van der Waals surface area contributed by atoms with Crippen LogP contribution in [0.1, 0.15) is 40.0 Å². The van der Waals surface area contributed by atoms with Gasteiger partial charge < -0.3 is 15.4 Å². The molecule has 0 radical (unpaired) electrons. The molecular weight excluding hydrogens is 362 g/mol. The second-order valence-corrected chi connectivity index (χ2v) is 7.13. The summed E-state index contributed by atoms with van der Waals surface area (Å²) in [5, 5.41) is 15.8. The number of anilines is 2. The molecule has 1 aliphatic rings. The maximum absolute atomic E-state index is 6.44. The van der Waals surface area contributed by atoms with Crippen LogP contribution in [-0.2, 0) is 5.66 Å². The Balaban J connectivity index is 2.02. The van der Waals surface area contributed by atoms with E-state index < -0.39 is 0 Å². The van der Waals surface area contributed by atoms with Gasteiger partial charge in [-0.15, -0.1) is 0 Å². The molecule has 146 valence electrons. The molecule has 6 nitrogen and oxygen atoms in total. The molecule has 1 atom stereocenters. The zero-order valence-electron chi connectivity index (χ0n) is 16.4. The summed E-state index contributed by atoms with van der Waals surface area (Å²) in [5.41, 5.74) is 1.62. The number of nitrogens with one attached hydrogen (secondary N) is 3. The van der Waals surface area contributed by atoms with Gasteiger partial charge >= 0.3 is 0 Å². The highest BCUT2D eigenvalue weighted by Gasteiger charge is 2.40. The first-order valence-corrected chi connectivity index (χ1v) is 9.82. The number of hydrogen-bond acceptors (Lipinski definition) is 5. The number of likely N-dealkylation sites (N-methyl/N-ethyl adjacent to an activating group) is 1. The maximum Gasteiger partial charge on any atom is 0.139 e. The summed E-state index contributed by atoms with van der Waals surface area (Å²) in [6.45, 7) is 7.31. The van der Waals surface area contributed by atoms with Gasteiger partial charge in [-0.25, -0.2) is 4.68 Å². The molecule has 7 heteroatoms. The number of hydrogen-bond donors (Lipinski definition) is 3. The van der Waals surface area contributed by atoms with Gasteiger partial charge in [-0.1, -0.05) is 31.9 Å². The molecule has 1 aliphatic heterocycles. The number of fused-ring (bicyclic) bond motifs is 1. The van der Waals surface area contributed by atoms with Gasteiger partial charge in [-0.05, 0) is 38.4 Å². The summed E-state index contributed by atoms with van der Waals surface area (Å²) in [4.78, 5) is 0. The van der Waals surface area contributed by atoms with Crippen LogP contribution in [0, 0.1) is 0 Å². The fraction of sp³-hybridized carbons (Fsp3) is 0.450. The van der Waals surface area contributed by atoms with E-state index in [0.29, 0.717) is 5.02 Å². The van der Waals surface area contributed by atoms with Crippen molar-refractivity contribution in [1.82, 2.24) is 15.1 Å². The molecule has 2 aromatic rings. The van der Waals surface area contributed by atoms with Gasteiger partial charge in [-0.2, -0.15) is 5.10 Å². The van der Waals surface area contributed by atoms with Gasteiger partial charge in [0.05, 0.1) is 24.0 Å². The molecule has 1 aromatic carbocycles. The van der Waals surface area contributed by atoms with Gasteiger partial charge in [0, 0.05) is 17.7 Å². The van der Waals surface area contributed by atoms with Crippen molar-refractivity contribution >= 4 is 23.1 Å². The van der Waals surface area contributed by atoms with E-state index in [0.717, 1.165) is 54.5 Å². The van der Waals surface area contributed by atoms with E-state index in [1.807, 2.05) is 30.5 Å². The first kappa shape index (κ1) is 19.6. The van der Waals surface area contributed by atoms with Crippen molar-refractivity contribution in [3.8, 4) is 5.75 Å². The highest BCUT2D eigenvalue weighted by Crippen LogP contribution is 2.38. The van der Waals surface area contributed by atoms with Crippen molar-refractivity contribution in [2.24, 2.45) is 0 Å². The largest absolute Gasteiger partial charge is 0.497 e. The Morgan fingerprint density at radius 1 is 1.30 bits per heavy atom. The molecule has 0 aliphatic carbocycles. The lowest BCUT2D eigenvalue weighted by atomic mass is 9.92. The highest BCUT2D eigenvalue weighted by molar-refractivity contribution is 6.33. The minimum absolute atomic E-state index is 0.365. The summed E-state index contributed by atoms with van der Waals surface area (Å²) >= 11 is 6.44. The lowest BCUT2D eigenvalue weighted by Gasteiger charge is -2.42. The molecular formula is C20H28ClN5O. The Morgan fingerprint density at radius 2 is 2.11 bits per heavy atom. The van der Waals surface area contributed by atoms with Crippen LogP contribution in [0.2, 0.25) is 5.02 Å². The average Bonchev–Trinajstić information content (AvgIpc) is 3.14. The van der Waals surface area contributed by atoms with E-state index >= 15 is 0 Å². The topological polar surface area (TPSA) is 63.1 Å². The first-order chi connectivity index (χ1) is 13.1. The predicted molar refractivity (Wildman–Crippen MR) is 111 cm³/mol. The summed E-state index contributed by atoms with van der Waals surface area (Å²) in [6.07, 6.45) is 5.01. The molecule has 0 amide bonds. The number of ether oxygens (including phenoxy) is 1. The van der Waals surface area contributed by atoms with Crippen molar-refractivity contribution < 1.29 is 4.74 Å². The third kappa shape index (κ3) is 3.64. The van der Waals surface area contributed by atoms with Crippen molar-refractivity contribution in [2.45, 2.75) is 45.7 Å². The number of aromatic nitrogens is 2. The van der Waals surface area contributed by atoms with Crippen LogP contribution in [0.15, 0.2) is 41.9 Å². The van der Waals surface area contributed by atoms with Crippen molar-refractivity contribution in [3.63, 3.8) is 0 Å². The molecule has 27 heavy (non-hydrogen) atoms. The normalized spacial score (nSPS) is 18.9.